The second-order valence-corrected chi connectivity index (χ2v) is 8.10. The zero-order chi connectivity index (χ0) is 16.7. The lowest BCUT2D eigenvalue weighted by Gasteiger charge is -2.36. The van der Waals surface area contributed by atoms with Crippen molar-refractivity contribution in [3.05, 3.63) is 17.0 Å². The largest absolute Gasteiger partial charge is 0.361 e. The van der Waals surface area contributed by atoms with Gasteiger partial charge in [-0.2, -0.15) is 0 Å². The van der Waals surface area contributed by atoms with E-state index in [0.29, 0.717) is 24.3 Å². The van der Waals surface area contributed by atoms with Gasteiger partial charge in [0.25, 0.3) is 0 Å². The topological polar surface area (TPSA) is 49.6 Å². The van der Waals surface area contributed by atoms with Crippen molar-refractivity contribution in [2.45, 2.75) is 58.4 Å². The molecule has 0 spiro atoms. The Morgan fingerprint density at radius 1 is 1.17 bits per heavy atom. The van der Waals surface area contributed by atoms with Crippen molar-refractivity contribution in [3.63, 3.8) is 0 Å². The van der Waals surface area contributed by atoms with Gasteiger partial charge in [-0.1, -0.05) is 5.16 Å². The average Bonchev–Trinajstić information content (AvgIpc) is 3.36. The SMILES string of the molecule is Cc1noc(C)c1CCC(=O)N1C[C@H]2CC[C@@H](C1)N(CC1CC1)C2. The monoisotopic (exact) mass is 331 g/mol. The minimum Gasteiger partial charge on any atom is -0.361 e. The first kappa shape index (κ1) is 16.1. The Morgan fingerprint density at radius 3 is 2.71 bits per heavy atom. The summed E-state index contributed by atoms with van der Waals surface area (Å²) in [4.78, 5) is 17.6. The number of hydrogen-bond acceptors (Lipinski definition) is 4. The van der Waals surface area contributed by atoms with Crippen LogP contribution in [0.15, 0.2) is 4.52 Å². The van der Waals surface area contributed by atoms with E-state index in [1.54, 1.807) is 0 Å². The van der Waals surface area contributed by atoms with E-state index in [1.807, 2.05) is 13.8 Å². The van der Waals surface area contributed by atoms with Crippen LogP contribution < -0.4 is 0 Å². The Bertz CT molecular complexity index is 588. The molecule has 1 aromatic heterocycles. The normalized spacial score (nSPS) is 27.5. The number of hydrogen-bond donors (Lipinski definition) is 0. The fraction of sp³-hybridized carbons (Fsp3) is 0.789. The number of fused-ring (bicyclic) bond motifs is 4. The predicted octanol–water partition coefficient (Wildman–Crippen LogP) is 2.56. The number of aromatic nitrogens is 1. The molecule has 4 fully saturated rings. The molecule has 1 amide bonds. The average molecular weight is 331 g/mol. The first-order chi connectivity index (χ1) is 11.6. The van der Waals surface area contributed by atoms with Crippen molar-refractivity contribution in [3.8, 4) is 0 Å². The van der Waals surface area contributed by atoms with E-state index in [9.17, 15) is 4.79 Å². The summed E-state index contributed by atoms with van der Waals surface area (Å²) >= 11 is 0. The van der Waals surface area contributed by atoms with Crippen molar-refractivity contribution in [1.29, 1.82) is 0 Å². The predicted molar refractivity (Wildman–Crippen MR) is 91.7 cm³/mol. The highest BCUT2D eigenvalue weighted by Gasteiger charge is 2.38. The summed E-state index contributed by atoms with van der Waals surface area (Å²) < 4.78 is 5.21. The molecule has 132 valence electrons. The van der Waals surface area contributed by atoms with Gasteiger partial charge in [-0.3, -0.25) is 9.69 Å². The highest BCUT2D eigenvalue weighted by molar-refractivity contribution is 5.76. The second kappa shape index (κ2) is 6.51. The van der Waals surface area contributed by atoms with Crippen LogP contribution >= 0.6 is 0 Å². The Balaban J connectivity index is 1.36. The summed E-state index contributed by atoms with van der Waals surface area (Å²) in [6.07, 6.45) is 6.70. The van der Waals surface area contributed by atoms with Crippen LogP contribution in [0.2, 0.25) is 0 Å². The summed E-state index contributed by atoms with van der Waals surface area (Å²) in [6.45, 7) is 8.25. The molecule has 2 bridgehead atoms. The molecule has 5 heteroatoms. The third-order valence-corrected chi connectivity index (χ3v) is 6.14. The molecule has 3 aliphatic heterocycles. The van der Waals surface area contributed by atoms with E-state index in [2.05, 4.69) is 15.0 Å². The molecular formula is C19H29N3O2. The molecule has 0 aromatic carbocycles. The Hall–Kier alpha value is -1.36. The van der Waals surface area contributed by atoms with Crippen molar-refractivity contribution in [2.75, 3.05) is 26.2 Å². The van der Waals surface area contributed by atoms with Crippen LogP contribution in [0.25, 0.3) is 0 Å². The molecule has 0 radical (unpaired) electrons. The molecule has 1 aliphatic carbocycles. The lowest BCUT2D eigenvalue weighted by Crippen LogP contribution is -2.45. The Morgan fingerprint density at radius 2 is 2.00 bits per heavy atom. The van der Waals surface area contributed by atoms with Crippen LogP contribution in [0.3, 0.4) is 0 Å². The molecule has 4 heterocycles. The third kappa shape index (κ3) is 3.37. The van der Waals surface area contributed by atoms with Crippen molar-refractivity contribution in [1.82, 2.24) is 15.0 Å². The van der Waals surface area contributed by atoms with E-state index in [-0.39, 0.29) is 0 Å². The van der Waals surface area contributed by atoms with Crippen molar-refractivity contribution in [2.24, 2.45) is 11.8 Å². The maximum Gasteiger partial charge on any atom is 0.222 e. The summed E-state index contributed by atoms with van der Waals surface area (Å²) in [5.41, 5.74) is 2.03. The molecular weight excluding hydrogens is 302 g/mol. The molecule has 1 aromatic rings. The maximum absolute atomic E-state index is 12.8. The number of aryl methyl sites for hydroxylation is 2. The first-order valence-electron chi connectivity index (χ1n) is 9.53. The first-order valence-corrected chi connectivity index (χ1v) is 9.53. The van der Waals surface area contributed by atoms with Gasteiger partial charge >= 0.3 is 0 Å². The van der Waals surface area contributed by atoms with E-state index in [0.717, 1.165) is 42.4 Å². The van der Waals surface area contributed by atoms with Crippen LogP contribution in [0, 0.1) is 25.7 Å². The van der Waals surface area contributed by atoms with Crippen molar-refractivity contribution < 1.29 is 9.32 Å². The molecule has 5 nitrogen and oxygen atoms in total. The standard InChI is InChI=1S/C19H29N3O2/c1-13-18(14(2)24-20-13)7-8-19(23)22-11-16-5-6-17(12-22)21(10-16)9-15-3-4-15/h15-17H,3-12H2,1-2H3/t16-,17-/m0/s1. The van der Waals surface area contributed by atoms with E-state index < -0.39 is 0 Å². The van der Waals surface area contributed by atoms with Gasteiger partial charge in [0.2, 0.25) is 5.91 Å². The second-order valence-electron chi connectivity index (χ2n) is 8.10. The van der Waals surface area contributed by atoms with Crippen LogP contribution in [0.4, 0.5) is 0 Å². The minimum atomic E-state index is 0.306. The number of nitrogens with zero attached hydrogens (tertiary/aromatic N) is 3. The maximum atomic E-state index is 12.8. The van der Waals surface area contributed by atoms with Gasteiger partial charge in [-0.05, 0) is 57.8 Å². The summed E-state index contributed by atoms with van der Waals surface area (Å²) in [6, 6.07) is 0.590. The smallest absolute Gasteiger partial charge is 0.222 e. The van der Waals surface area contributed by atoms with Gasteiger partial charge in [0, 0.05) is 44.2 Å². The van der Waals surface area contributed by atoms with E-state index >= 15 is 0 Å². The number of piperidine rings is 1. The third-order valence-electron chi connectivity index (χ3n) is 6.14. The highest BCUT2D eigenvalue weighted by atomic mass is 16.5. The van der Waals surface area contributed by atoms with Crippen LogP contribution in [0.1, 0.15) is 49.1 Å². The lowest BCUT2D eigenvalue weighted by atomic mass is 9.95. The zero-order valence-corrected chi connectivity index (χ0v) is 15.0. The summed E-state index contributed by atoms with van der Waals surface area (Å²) in [5.74, 6) is 2.77. The van der Waals surface area contributed by atoms with Crippen LogP contribution in [-0.4, -0.2) is 53.1 Å². The molecule has 0 unspecified atom stereocenters. The molecule has 2 atom stereocenters. The number of carbonyl (C=O) groups is 1. The molecule has 1 saturated carbocycles. The zero-order valence-electron chi connectivity index (χ0n) is 15.0. The molecule has 4 aliphatic rings. The van der Waals surface area contributed by atoms with Gasteiger partial charge in [0.05, 0.1) is 5.69 Å². The van der Waals surface area contributed by atoms with Gasteiger partial charge in [0.1, 0.15) is 5.76 Å². The summed E-state index contributed by atoms with van der Waals surface area (Å²) in [7, 11) is 0. The summed E-state index contributed by atoms with van der Waals surface area (Å²) in [5, 5.41) is 3.99. The quantitative estimate of drug-likeness (QED) is 0.832. The number of carbonyl (C=O) groups excluding carboxylic acids is 1. The molecule has 24 heavy (non-hydrogen) atoms. The Labute approximate surface area is 144 Å². The minimum absolute atomic E-state index is 0.306. The van der Waals surface area contributed by atoms with Gasteiger partial charge in [-0.25, -0.2) is 0 Å². The lowest BCUT2D eigenvalue weighted by molar-refractivity contribution is -0.131. The van der Waals surface area contributed by atoms with E-state index in [4.69, 9.17) is 4.52 Å². The number of rotatable bonds is 5. The Kier molecular flexibility index (Phi) is 4.37. The molecule has 3 saturated heterocycles. The fourth-order valence-corrected chi connectivity index (χ4v) is 4.49. The van der Waals surface area contributed by atoms with Crippen LogP contribution in [-0.2, 0) is 11.2 Å². The van der Waals surface area contributed by atoms with Crippen LogP contribution in [0.5, 0.6) is 0 Å². The van der Waals surface area contributed by atoms with Gasteiger partial charge in [-0.15, -0.1) is 0 Å². The van der Waals surface area contributed by atoms with Gasteiger partial charge in [0.15, 0.2) is 0 Å². The highest BCUT2D eigenvalue weighted by Crippen LogP contribution is 2.35. The molecule has 0 N–H and O–H groups in total. The van der Waals surface area contributed by atoms with Gasteiger partial charge < -0.3 is 9.42 Å². The van der Waals surface area contributed by atoms with Crippen molar-refractivity contribution >= 4 is 5.91 Å². The fourth-order valence-electron chi connectivity index (χ4n) is 4.49. The number of amides is 1. The van der Waals surface area contributed by atoms with E-state index in [1.165, 1.54) is 38.8 Å². The molecule has 5 rings (SSSR count).